The number of carbonyl (C=O) groups excluding carboxylic acids is 1. The molecule has 0 spiro atoms. The zero-order valence-electron chi connectivity index (χ0n) is 20.4. The Morgan fingerprint density at radius 1 is 1.19 bits per heavy atom. The van der Waals surface area contributed by atoms with E-state index < -0.39 is 5.82 Å². The molecule has 0 unspecified atom stereocenters. The number of amides is 2. The van der Waals surface area contributed by atoms with E-state index in [0.29, 0.717) is 11.4 Å². The van der Waals surface area contributed by atoms with Gasteiger partial charge in [-0.1, -0.05) is 0 Å². The topological polar surface area (TPSA) is 93.5 Å². The number of anilines is 1. The van der Waals surface area contributed by atoms with Gasteiger partial charge in [-0.25, -0.2) is 14.2 Å². The number of imidazole rings is 1. The second-order valence-electron chi connectivity index (χ2n) is 9.27. The Labute approximate surface area is 217 Å². The Balaban J connectivity index is 1.20. The average molecular weight is 523 g/mol. The van der Waals surface area contributed by atoms with Crippen LogP contribution >= 0.6 is 11.3 Å². The lowest BCUT2D eigenvalue weighted by atomic mass is 10.3. The maximum Gasteiger partial charge on any atom is 0.319 e. The van der Waals surface area contributed by atoms with E-state index in [9.17, 15) is 9.18 Å². The Bertz CT molecular complexity index is 1440. The fourth-order valence-electron chi connectivity index (χ4n) is 4.27. The highest BCUT2D eigenvalue weighted by Crippen LogP contribution is 2.39. The molecule has 192 valence electrons. The number of pyridine rings is 1. The van der Waals surface area contributed by atoms with Gasteiger partial charge in [-0.3, -0.25) is 9.88 Å². The minimum Gasteiger partial charge on any atom is -0.453 e. The van der Waals surface area contributed by atoms with Crippen LogP contribution < -0.4 is 15.4 Å². The van der Waals surface area contributed by atoms with Gasteiger partial charge in [-0.15, -0.1) is 11.3 Å². The van der Waals surface area contributed by atoms with Gasteiger partial charge in [0, 0.05) is 56.7 Å². The lowest BCUT2D eigenvalue weighted by Gasteiger charge is -2.26. The molecule has 1 aliphatic heterocycles. The summed E-state index contributed by atoms with van der Waals surface area (Å²) in [6.07, 6.45) is 5.52. The number of carbonyl (C=O) groups is 1. The lowest BCUT2D eigenvalue weighted by Crippen LogP contribution is -2.36. The van der Waals surface area contributed by atoms with Crippen LogP contribution in [-0.2, 0) is 18.3 Å². The minimum absolute atomic E-state index is 0.0698. The third kappa shape index (κ3) is 5.29. The molecule has 1 saturated carbocycles. The molecule has 6 rings (SSSR count). The molecule has 1 aliphatic carbocycles. The highest BCUT2D eigenvalue weighted by atomic mass is 32.1. The average Bonchev–Trinajstić information content (AvgIpc) is 3.47. The summed E-state index contributed by atoms with van der Waals surface area (Å²) in [4.78, 5) is 24.4. The van der Waals surface area contributed by atoms with Crippen LogP contribution in [0.3, 0.4) is 0 Å². The molecule has 11 heteroatoms. The number of urea groups is 1. The smallest absolute Gasteiger partial charge is 0.319 e. The van der Waals surface area contributed by atoms with Crippen LogP contribution in [0.4, 0.5) is 14.9 Å². The summed E-state index contributed by atoms with van der Waals surface area (Å²) < 4.78 is 29.2. The van der Waals surface area contributed by atoms with Crippen molar-refractivity contribution in [3.8, 4) is 22.2 Å². The van der Waals surface area contributed by atoms with Gasteiger partial charge in [-0.2, -0.15) is 0 Å². The predicted molar refractivity (Wildman–Crippen MR) is 140 cm³/mol. The standard InChI is InChI=1S/C26H27FN6O3S/c1-32-18(15-33-8-10-35-11-9-33)14-29-25(32)23-13-20-24(37-23)22(6-7-28-20)36-21-5-4-17(12-19(21)27)31-26(34)30-16-2-3-16/h4-7,12-14,16H,2-3,8-11,15H2,1H3,(H2,30,31,34). The van der Waals surface area contributed by atoms with Gasteiger partial charge in [0.25, 0.3) is 0 Å². The molecule has 1 saturated heterocycles. The number of benzene rings is 1. The van der Waals surface area contributed by atoms with E-state index in [4.69, 9.17) is 9.47 Å². The highest BCUT2D eigenvalue weighted by Gasteiger charge is 2.23. The molecule has 2 fully saturated rings. The molecule has 2 aliphatic rings. The third-order valence-corrected chi connectivity index (χ3v) is 7.63. The molecule has 2 amide bonds. The summed E-state index contributed by atoms with van der Waals surface area (Å²) in [5.41, 5.74) is 2.25. The van der Waals surface area contributed by atoms with Gasteiger partial charge in [0.1, 0.15) is 11.6 Å². The number of fused-ring (bicyclic) bond motifs is 1. The van der Waals surface area contributed by atoms with Crippen molar-refractivity contribution < 1.29 is 18.7 Å². The van der Waals surface area contributed by atoms with Gasteiger partial charge < -0.3 is 24.7 Å². The normalized spacial score (nSPS) is 16.2. The maximum absolute atomic E-state index is 14.8. The van der Waals surface area contributed by atoms with Gasteiger partial charge in [0.15, 0.2) is 11.6 Å². The van der Waals surface area contributed by atoms with Crippen LogP contribution in [0.1, 0.15) is 18.5 Å². The number of nitrogens with zero attached hydrogens (tertiary/aromatic N) is 4. The number of morpholine rings is 1. The van der Waals surface area contributed by atoms with E-state index in [0.717, 1.165) is 72.3 Å². The van der Waals surface area contributed by atoms with Crippen molar-refractivity contribution in [1.29, 1.82) is 0 Å². The van der Waals surface area contributed by atoms with E-state index in [2.05, 4.69) is 30.1 Å². The van der Waals surface area contributed by atoms with Crippen LogP contribution in [0, 0.1) is 5.82 Å². The molecule has 0 atom stereocenters. The number of rotatable bonds is 7. The Kier molecular flexibility index (Phi) is 6.49. The zero-order chi connectivity index (χ0) is 25.4. The molecular formula is C26H27FN6O3S. The van der Waals surface area contributed by atoms with Crippen molar-refractivity contribution in [2.45, 2.75) is 25.4 Å². The Morgan fingerprint density at radius 2 is 2.03 bits per heavy atom. The zero-order valence-corrected chi connectivity index (χ0v) is 21.2. The van der Waals surface area contributed by atoms with E-state index in [1.54, 1.807) is 18.3 Å². The first-order valence-corrected chi connectivity index (χ1v) is 13.1. The van der Waals surface area contributed by atoms with Crippen molar-refractivity contribution in [1.82, 2.24) is 24.8 Å². The van der Waals surface area contributed by atoms with Gasteiger partial charge >= 0.3 is 6.03 Å². The predicted octanol–water partition coefficient (Wildman–Crippen LogP) is 4.74. The molecule has 3 aromatic heterocycles. The van der Waals surface area contributed by atoms with Crippen LogP contribution in [-0.4, -0.2) is 57.8 Å². The Morgan fingerprint density at radius 3 is 2.81 bits per heavy atom. The monoisotopic (exact) mass is 522 g/mol. The first kappa shape index (κ1) is 23.8. The van der Waals surface area contributed by atoms with E-state index >= 15 is 0 Å². The third-order valence-electron chi connectivity index (χ3n) is 6.49. The van der Waals surface area contributed by atoms with Crippen molar-refractivity contribution in [2.24, 2.45) is 7.05 Å². The first-order chi connectivity index (χ1) is 18.0. The maximum atomic E-state index is 14.8. The van der Waals surface area contributed by atoms with Crippen LogP contribution in [0.25, 0.3) is 20.9 Å². The summed E-state index contributed by atoms with van der Waals surface area (Å²) in [5.74, 6) is 0.863. The van der Waals surface area contributed by atoms with Crippen molar-refractivity contribution in [3.63, 3.8) is 0 Å². The summed E-state index contributed by atoms with van der Waals surface area (Å²) in [6.45, 7) is 4.15. The molecule has 37 heavy (non-hydrogen) atoms. The fourth-order valence-corrected chi connectivity index (χ4v) is 5.37. The largest absolute Gasteiger partial charge is 0.453 e. The van der Waals surface area contributed by atoms with Crippen LogP contribution in [0.5, 0.6) is 11.5 Å². The number of thiophene rings is 1. The van der Waals surface area contributed by atoms with E-state index in [-0.39, 0.29) is 17.8 Å². The summed E-state index contributed by atoms with van der Waals surface area (Å²) >= 11 is 1.51. The van der Waals surface area contributed by atoms with Crippen LogP contribution in [0.2, 0.25) is 0 Å². The van der Waals surface area contributed by atoms with Crippen molar-refractivity contribution in [2.75, 3.05) is 31.6 Å². The van der Waals surface area contributed by atoms with E-state index in [1.807, 2.05) is 19.3 Å². The highest BCUT2D eigenvalue weighted by molar-refractivity contribution is 7.22. The second kappa shape index (κ2) is 10.1. The van der Waals surface area contributed by atoms with Gasteiger partial charge in [0.05, 0.1) is 40.2 Å². The molecule has 4 aromatic rings. The van der Waals surface area contributed by atoms with Crippen molar-refractivity contribution in [3.05, 3.63) is 54.2 Å². The summed E-state index contributed by atoms with van der Waals surface area (Å²) in [6, 6.07) is 7.98. The molecule has 4 heterocycles. The Hall–Kier alpha value is -3.54. The minimum atomic E-state index is -0.567. The first-order valence-electron chi connectivity index (χ1n) is 12.3. The fraction of sp³-hybridized carbons (Fsp3) is 0.346. The van der Waals surface area contributed by atoms with Gasteiger partial charge in [0.2, 0.25) is 0 Å². The summed E-state index contributed by atoms with van der Waals surface area (Å²) in [7, 11) is 2.02. The number of halogens is 1. The molecule has 2 N–H and O–H groups in total. The quantitative estimate of drug-likeness (QED) is 0.364. The lowest BCUT2D eigenvalue weighted by molar-refractivity contribution is 0.0333. The van der Waals surface area contributed by atoms with Crippen molar-refractivity contribution >= 4 is 33.3 Å². The number of hydrogen-bond acceptors (Lipinski definition) is 7. The SMILES string of the molecule is Cn1c(CN2CCOCC2)cnc1-c1cc2nccc(Oc3ccc(NC(=O)NC4CC4)cc3F)c2s1. The van der Waals surface area contributed by atoms with E-state index in [1.165, 1.54) is 23.5 Å². The molecule has 0 radical (unpaired) electrons. The number of hydrogen-bond donors (Lipinski definition) is 2. The molecule has 1 aromatic carbocycles. The number of ether oxygens (including phenoxy) is 2. The molecular weight excluding hydrogens is 495 g/mol. The number of aromatic nitrogens is 3. The second-order valence-corrected chi connectivity index (χ2v) is 10.3. The van der Waals surface area contributed by atoms with Gasteiger partial charge in [-0.05, 0) is 31.0 Å². The van der Waals surface area contributed by atoms with Crippen LogP contribution in [0.15, 0.2) is 42.7 Å². The molecule has 9 nitrogen and oxygen atoms in total. The number of nitrogens with one attached hydrogen (secondary N) is 2. The molecule has 0 bridgehead atoms. The summed E-state index contributed by atoms with van der Waals surface area (Å²) in [5, 5.41) is 5.47.